The lowest BCUT2D eigenvalue weighted by molar-refractivity contribution is 0.00578. The Morgan fingerprint density at radius 2 is 1.42 bits per heavy atom. The van der Waals surface area contributed by atoms with Crippen molar-refractivity contribution in [1.82, 2.24) is 0 Å². The van der Waals surface area contributed by atoms with Crippen molar-refractivity contribution in [3.05, 3.63) is 29.3 Å². The normalized spacial score (nSPS) is 20.9. The minimum atomic E-state index is -1.00. The Labute approximate surface area is 113 Å². The third-order valence-electron chi connectivity index (χ3n) is 4.04. The Bertz CT molecular complexity index is 461. The summed E-state index contributed by atoms with van der Waals surface area (Å²) in [7, 11) is -1.00. The van der Waals surface area contributed by atoms with Crippen LogP contribution in [-0.4, -0.2) is 18.3 Å². The quantitative estimate of drug-likeness (QED) is 0.768. The SMILES string of the molecule is CCc1cc(F)c(B2OC(C)(C)C(C)(C)O2)c(F)c1. The van der Waals surface area contributed by atoms with Crippen LogP contribution in [0.1, 0.15) is 40.2 Å². The molecule has 0 spiro atoms. The van der Waals surface area contributed by atoms with Gasteiger partial charge in [0.2, 0.25) is 0 Å². The molecule has 0 radical (unpaired) electrons. The van der Waals surface area contributed by atoms with Gasteiger partial charge >= 0.3 is 7.12 Å². The largest absolute Gasteiger partial charge is 0.500 e. The molecule has 0 aromatic heterocycles. The predicted molar refractivity (Wildman–Crippen MR) is 71.5 cm³/mol. The lowest BCUT2D eigenvalue weighted by Gasteiger charge is -2.32. The molecule has 2 nitrogen and oxygen atoms in total. The van der Waals surface area contributed by atoms with Gasteiger partial charge in [0.15, 0.2) is 0 Å². The summed E-state index contributed by atoms with van der Waals surface area (Å²) in [4.78, 5) is 0. The van der Waals surface area contributed by atoms with Crippen molar-refractivity contribution < 1.29 is 18.1 Å². The molecule has 1 fully saturated rings. The van der Waals surface area contributed by atoms with E-state index >= 15 is 0 Å². The Morgan fingerprint density at radius 3 is 1.79 bits per heavy atom. The lowest BCUT2D eigenvalue weighted by Crippen LogP contribution is -2.41. The van der Waals surface area contributed by atoms with Crippen molar-refractivity contribution in [2.45, 2.75) is 52.2 Å². The second-order valence-corrected chi connectivity index (χ2v) is 5.91. The van der Waals surface area contributed by atoms with Crippen LogP contribution >= 0.6 is 0 Å². The summed E-state index contributed by atoms with van der Waals surface area (Å²) in [6.45, 7) is 9.25. The number of halogens is 2. The zero-order valence-corrected chi connectivity index (χ0v) is 12.0. The molecule has 1 heterocycles. The maximum atomic E-state index is 14.1. The van der Waals surface area contributed by atoms with Crippen LogP contribution in [0, 0.1) is 11.6 Å². The summed E-state index contributed by atoms with van der Waals surface area (Å²) in [5.41, 5.74) is -0.744. The van der Waals surface area contributed by atoms with E-state index in [4.69, 9.17) is 9.31 Å². The van der Waals surface area contributed by atoms with Gasteiger partial charge in [-0.25, -0.2) is 8.78 Å². The second kappa shape index (κ2) is 4.56. The van der Waals surface area contributed by atoms with E-state index in [2.05, 4.69) is 0 Å². The molecule has 1 aliphatic heterocycles. The Kier molecular flexibility index (Phi) is 3.48. The van der Waals surface area contributed by atoms with Gasteiger partial charge < -0.3 is 9.31 Å². The van der Waals surface area contributed by atoms with Gasteiger partial charge in [0, 0.05) is 0 Å². The zero-order chi connectivity index (χ0) is 14.4. The fraction of sp³-hybridized carbons (Fsp3) is 0.571. The molecular formula is C14H19BF2O2. The molecule has 19 heavy (non-hydrogen) atoms. The molecule has 1 aromatic carbocycles. The zero-order valence-electron chi connectivity index (χ0n) is 12.0. The molecule has 0 atom stereocenters. The van der Waals surface area contributed by atoms with Crippen LogP contribution in [0.4, 0.5) is 8.78 Å². The summed E-state index contributed by atoms with van der Waals surface area (Å²) >= 11 is 0. The molecule has 0 bridgehead atoms. The van der Waals surface area contributed by atoms with Crippen molar-refractivity contribution in [2.24, 2.45) is 0 Å². The molecule has 0 saturated carbocycles. The molecule has 5 heteroatoms. The van der Waals surface area contributed by atoms with Crippen molar-refractivity contribution in [1.29, 1.82) is 0 Å². The van der Waals surface area contributed by atoms with Crippen LogP contribution < -0.4 is 5.46 Å². The van der Waals surface area contributed by atoms with Crippen LogP contribution in [0.25, 0.3) is 0 Å². The number of hydrogen-bond acceptors (Lipinski definition) is 2. The topological polar surface area (TPSA) is 18.5 Å². The first-order valence-electron chi connectivity index (χ1n) is 6.51. The molecule has 0 aliphatic carbocycles. The number of rotatable bonds is 2. The third-order valence-corrected chi connectivity index (χ3v) is 4.04. The Hall–Kier alpha value is -0.935. The molecule has 104 valence electrons. The highest BCUT2D eigenvalue weighted by molar-refractivity contribution is 6.62. The van der Waals surface area contributed by atoms with Crippen LogP contribution in [0.15, 0.2) is 12.1 Å². The molecule has 1 aliphatic rings. The van der Waals surface area contributed by atoms with E-state index in [1.165, 1.54) is 12.1 Å². The molecule has 0 amide bonds. The first-order chi connectivity index (χ1) is 8.68. The van der Waals surface area contributed by atoms with Gasteiger partial charge in [0.25, 0.3) is 0 Å². The summed E-state index contributed by atoms with van der Waals surface area (Å²) in [6, 6.07) is 2.67. The van der Waals surface area contributed by atoms with Gasteiger partial charge in [-0.15, -0.1) is 0 Å². The van der Waals surface area contributed by atoms with E-state index < -0.39 is 30.0 Å². The van der Waals surface area contributed by atoms with E-state index in [9.17, 15) is 8.78 Å². The standard InChI is InChI=1S/C14H19BF2O2/c1-6-9-7-10(16)12(11(17)8-9)15-18-13(2,3)14(4,5)19-15/h7-8H,6H2,1-5H3. The molecule has 1 saturated heterocycles. The van der Waals surface area contributed by atoms with Crippen molar-refractivity contribution in [3.63, 3.8) is 0 Å². The summed E-state index contributed by atoms with van der Waals surface area (Å²) in [6.07, 6.45) is 0.581. The Morgan fingerprint density at radius 1 is 1.00 bits per heavy atom. The number of hydrogen-bond donors (Lipinski definition) is 0. The van der Waals surface area contributed by atoms with Crippen LogP contribution in [0.2, 0.25) is 0 Å². The smallest absolute Gasteiger partial charge is 0.399 e. The van der Waals surface area contributed by atoms with Crippen LogP contribution in [0.3, 0.4) is 0 Å². The maximum absolute atomic E-state index is 14.1. The summed E-state index contributed by atoms with van der Waals surface area (Å²) in [5, 5.41) is 0. The van der Waals surface area contributed by atoms with Gasteiger partial charge in [-0.2, -0.15) is 0 Å². The number of aryl methyl sites for hydroxylation is 1. The number of benzene rings is 1. The predicted octanol–water partition coefficient (Wildman–Crippen LogP) is 2.83. The maximum Gasteiger partial charge on any atom is 0.500 e. The fourth-order valence-electron chi connectivity index (χ4n) is 2.03. The highest BCUT2D eigenvalue weighted by Gasteiger charge is 2.53. The Balaban J connectivity index is 2.40. The van der Waals surface area contributed by atoms with Gasteiger partial charge in [-0.05, 0) is 51.8 Å². The van der Waals surface area contributed by atoms with Crippen molar-refractivity contribution in [3.8, 4) is 0 Å². The molecule has 2 rings (SSSR count). The average Bonchev–Trinajstić information content (AvgIpc) is 2.46. The molecular weight excluding hydrogens is 249 g/mol. The van der Waals surface area contributed by atoms with Gasteiger partial charge in [0.05, 0.1) is 16.7 Å². The van der Waals surface area contributed by atoms with Crippen molar-refractivity contribution >= 4 is 12.6 Å². The van der Waals surface area contributed by atoms with Gasteiger partial charge in [-0.1, -0.05) is 6.92 Å². The van der Waals surface area contributed by atoms with Gasteiger partial charge in [0.1, 0.15) is 11.6 Å². The highest BCUT2D eigenvalue weighted by Crippen LogP contribution is 2.36. The minimum Gasteiger partial charge on any atom is -0.399 e. The first-order valence-corrected chi connectivity index (χ1v) is 6.51. The fourth-order valence-corrected chi connectivity index (χ4v) is 2.03. The van der Waals surface area contributed by atoms with E-state index in [0.717, 1.165) is 0 Å². The average molecular weight is 268 g/mol. The molecule has 0 N–H and O–H groups in total. The first kappa shape index (κ1) is 14.5. The summed E-state index contributed by atoms with van der Waals surface area (Å²) in [5.74, 6) is -1.23. The van der Waals surface area contributed by atoms with E-state index in [1.807, 2.05) is 34.6 Å². The van der Waals surface area contributed by atoms with Gasteiger partial charge in [-0.3, -0.25) is 0 Å². The van der Waals surface area contributed by atoms with E-state index in [1.54, 1.807) is 0 Å². The monoisotopic (exact) mass is 268 g/mol. The van der Waals surface area contributed by atoms with Crippen LogP contribution in [-0.2, 0) is 15.7 Å². The minimum absolute atomic E-state index is 0.143. The highest BCUT2D eigenvalue weighted by atomic mass is 19.1. The van der Waals surface area contributed by atoms with E-state index in [0.29, 0.717) is 12.0 Å². The molecule has 1 aromatic rings. The van der Waals surface area contributed by atoms with Crippen LogP contribution in [0.5, 0.6) is 0 Å². The second-order valence-electron chi connectivity index (χ2n) is 5.91. The third kappa shape index (κ3) is 2.41. The van der Waals surface area contributed by atoms with Crippen molar-refractivity contribution in [2.75, 3.05) is 0 Å². The lowest BCUT2D eigenvalue weighted by atomic mass is 9.77. The van der Waals surface area contributed by atoms with E-state index in [-0.39, 0.29) is 5.46 Å². The molecule has 0 unspecified atom stereocenters. The summed E-state index contributed by atoms with van der Waals surface area (Å²) < 4.78 is 39.5.